The van der Waals surface area contributed by atoms with E-state index in [0.717, 1.165) is 0 Å². The molecule has 1 aromatic carbocycles. The lowest BCUT2D eigenvalue weighted by molar-refractivity contribution is -0.121. The molecule has 8 nitrogen and oxygen atoms in total. The zero-order chi connectivity index (χ0) is 18.1. The molecule has 10 heteroatoms. The highest BCUT2D eigenvalue weighted by Gasteiger charge is 2.25. The number of nitrogens with zero attached hydrogens (tertiary/aromatic N) is 2. The molecular weight excluding hydrogens is 343 g/mol. The Kier molecular flexibility index (Phi) is 4.78. The van der Waals surface area contributed by atoms with Crippen LogP contribution in [-0.2, 0) is 15.3 Å². The minimum Gasteiger partial charge on any atom is -0.493 e. The average molecular weight is 358 g/mol. The third-order valence-electron chi connectivity index (χ3n) is 3.26. The molecule has 1 amide bonds. The van der Waals surface area contributed by atoms with Gasteiger partial charge in [0.1, 0.15) is 11.5 Å². The van der Waals surface area contributed by atoms with Crippen molar-refractivity contribution in [3.8, 4) is 17.2 Å². The molecule has 0 aliphatic carbocycles. The van der Waals surface area contributed by atoms with Crippen molar-refractivity contribution in [3.05, 3.63) is 23.4 Å². The summed E-state index contributed by atoms with van der Waals surface area (Å²) >= 11 is 0. The predicted octanol–water partition coefficient (Wildman–Crippen LogP) is 1.53. The normalized spacial score (nSPS) is 16.4. The van der Waals surface area contributed by atoms with Gasteiger partial charge in [-0.1, -0.05) is 3.89 Å². The van der Waals surface area contributed by atoms with Gasteiger partial charge in [-0.3, -0.25) is 9.69 Å². The third-order valence-corrected chi connectivity index (χ3v) is 3.63. The Morgan fingerprint density at radius 1 is 1.21 bits per heavy atom. The highest BCUT2D eigenvalue weighted by atomic mass is 32.3. The Bertz CT molecular complexity index is 822. The molecule has 24 heavy (non-hydrogen) atoms. The van der Waals surface area contributed by atoms with Crippen LogP contribution in [-0.4, -0.2) is 46.3 Å². The molecule has 1 aliphatic rings. The van der Waals surface area contributed by atoms with Crippen LogP contribution in [0.1, 0.15) is 12.5 Å². The summed E-state index contributed by atoms with van der Waals surface area (Å²) in [6, 6.07) is 2.74. The maximum Gasteiger partial charge on any atom is 0.488 e. The third kappa shape index (κ3) is 3.65. The van der Waals surface area contributed by atoms with Gasteiger partial charge in [-0.05, 0) is 30.7 Å². The molecule has 0 unspecified atom stereocenters. The number of ether oxygens (including phenoxy) is 2. The second-order valence-corrected chi connectivity index (χ2v) is 5.74. The standard InChI is InChI=1S/C14H15FN2O6S/c1-8-16-10(14(18)17(8)2)5-9-6-11(21-3)13(12(7-9)22-4)23-24(15,19)20/h5-7H,1-4H3/b10-5-. The highest BCUT2D eigenvalue weighted by Crippen LogP contribution is 2.40. The highest BCUT2D eigenvalue weighted by molar-refractivity contribution is 7.81. The first-order valence-electron chi connectivity index (χ1n) is 6.61. The SMILES string of the molecule is COc1cc(/C=C2\N=C(C)N(C)C2=O)cc(OC)c1OS(=O)(=O)F. The maximum absolute atomic E-state index is 12.8. The molecule has 0 atom stereocenters. The van der Waals surface area contributed by atoms with E-state index in [1.807, 2.05) is 0 Å². The van der Waals surface area contributed by atoms with E-state index in [9.17, 15) is 17.1 Å². The van der Waals surface area contributed by atoms with Crippen molar-refractivity contribution in [2.75, 3.05) is 21.3 Å². The predicted molar refractivity (Wildman–Crippen MR) is 84.1 cm³/mol. The van der Waals surface area contributed by atoms with Gasteiger partial charge in [0.25, 0.3) is 5.91 Å². The zero-order valence-electron chi connectivity index (χ0n) is 13.4. The van der Waals surface area contributed by atoms with Crippen molar-refractivity contribution in [1.82, 2.24) is 4.90 Å². The number of hydrogen-bond donors (Lipinski definition) is 0. The second-order valence-electron chi connectivity index (χ2n) is 4.78. The van der Waals surface area contributed by atoms with Gasteiger partial charge in [0.2, 0.25) is 5.75 Å². The molecule has 0 spiro atoms. The number of amides is 1. The van der Waals surface area contributed by atoms with E-state index in [-0.39, 0.29) is 23.1 Å². The van der Waals surface area contributed by atoms with Crippen molar-refractivity contribution in [3.63, 3.8) is 0 Å². The number of hydrogen-bond acceptors (Lipinski definition) is 7. The van der Waals surface area contributed by atoms with E-state index in [1.165, 1.54) is 37.3 Å². The Morgan fingerprint density at radius 2 is 1.75 bits per heavy atom. The maximum atomic E-state index is 12.8. The van der Waals surface area contributed by atoms with Crippen molar-refractivity contribution in [1.29, 1.82) is 0 Å². The largest absolute Gasteiger partial charge is 0.493 e. The Hall–Kier alpha value is -2.62. The summed E-state index contributed by atoms with van der Waals surface area (Å²) in [6.45, 7) is 1.68. The van der Waals surface area contributed by atoms with E-state index in [2.05, 4.69) is 9.18 Å². The van der Waals surface area contributed by atoms with Gasteiger partial charge in [0.05, 0.1) is 14.2 Å². The molecule has 130 valence electrons. The molecular formula is C14H15FN2O6S. The number of halogens is 1. The molecule has 1 heterocycles. The molecule has 0 aromatic heterocycles. The van der Waals surface area contributed by atoms with Crippen molar-refractivity contribution in [2.24, 2.45) is 4.99 Å². The van der Waals surface area contributed by atoms with Crippen LogP contribution < -0.4 is 13.7 Å². The van der Waals surface area contributed by atoms with Crippen LogP contribution in [0.2, 0.25) is 0 Å². The smallest absolute Gasteiger partial charge is 0.488 e. The van der Waals surface area contributed by atoms with E-state index < -0.39 is 16.3 Å². The number of benzene rings is 1. The summed E-state index contributed by atoms with van der Waals surface area (Å²) < 4.78 is 48.6. The number of likely N-dealkylation sites (N-methyl/N-ethyl adjacent to an activating group) is 1. The average Bonchev–Trinajstić information content (AvgIpc) is 2.74. The summed E-state index contributed by atoms with van der Waals surface area (Å²) in [5.41, 5.74) is 0.619. The van der Waals surface area contributed by atoms with Crippen LogP contribution in [0, 0.1) is 0 Å². The molecule has 0 N–H and O–H groups in total. The minimum atomic E-state index is -5.26. The Balaban J connectivity index is 2.53. The molecule has 0 saturated carbocycles. The van der Waals surface area contributed by atoms with Crippen LogP contribution >= 0.6 is 0 Å². The quantitative estimate of drug-likeness (QED) is 0.585. The molecule has 0 radical (unpaired) electrons. The lowest BCUT2D eigenvalue weighted by Crippen LogP contribution is -2.25. The number of methoxy groups -OCH3 is 2. The number of amidine groups is 1. The summed E-state index contributed by atoms with van der Waals surface area (Å²) in [6.07, 6.45) is 1.47. The Morgan fingerprint density at radius 3 is 2.12 bits per heavy atom. The van der Waals surface area contributed by atoms with Crippen LogP contribution in [0.5, 0.6) is 17.2 Å². The number of carbonyl (C=O) groups excluding carboxylic acids is 1. The van der Waals surface area contributed by atoms with Gasteiger partial charge in [-0.15, -0.1) is 0 Å². The number of rotatable bonds is 5. The lowest BCUT2D eigenvalue weighted by atomic mass is 10.1. The summed E-state index contributed by atoms with van der Waals surface area (Å²) in [5.74, 6) is -0.353. The molecule has 0 fully saturated rings. The first-order chi connectivity index (χ1) is 11.2. The monoisotopic (exact) mass is 358 g/mol. The van der Waals surface area contributed by atoms with Gasteiger partial charge >= 0.3 is 10.5 Å². The molecule has 0 saturated heterocycles. The molecule has 0 bridgehead atoms. The fourth-order valence-corrected chi connectivity index (χ4v) is 2.40. The van der Waals surface area contributed by atoms with Gasteiger partial charge in [0.15, 0.2) is 11.5 Å². The van der Waals surface area contributed by atoms with E-state index in [0.29, 0.717) is 11.4 Å². The van der Waals surface area contributed by atoms with Crippen LogP contribution in [0.15, 0.2) is 22.8 Å². The Labute approximate surface area is 138 Å². The molecule has 1 aromatic rings. The fourth-order valence-electron chi connectivity index (χ4n) is 2.03. The van der Waals surface area contributed by atoms with Crippen molar-refractivity contribution >= 4 is 28.3 Å². The van der Waals surface area contributed by atoms with E-state index in [1.54, 1.807) is 14.0 Å². The summed E-state index contributed by atoms with van der Waals surface area (Å²) in [4.78, 5) is 17.5. The fraction of sp³-hybridized carbons (Fsp3) is 0.286. The van der Waals surface area contributed by atoms with Gasteiger partial charge < -0.3 is 13.7 Å². The minimum absolute atomic E-state index is 0.0815. The van der Waals surface area contributed by atoms with Crippen LogP contribution in [0.25, 0.3) is 6.08 Å². The summed E-state index contributed by atoms with van der Waals surface area (Å²) in [5, 5.41) is 0. The lowest BCUT2D eigenvalue weighted by Gasteiger charge is -2.12. The topological polar surface area (TPSA) is 94.5 Å². The molecule has 2 rings (SSSR count). The summed E-state index contributed by atoms with van der Waals surface area (Å²) in [7, 11) is -1.17. The van der Waals surface area contributed by atoms with Crippen LogP contribution in [0.3, 0.4) is 0 Å². The molecule has 1 aliphatic heterocycles. The van der Waals surface area contributed by atoms with Gasteiger partial charge in [0, 0.05) is 7.05 Å². The van der Waals surface area contributed by atoms with E-state index in [4.69, 9.17) is 9.47 Å². The van der Waals surface area contributed by atoms with Crippen molar-refractivity contribution in [2.45, 2.75) is 6.92 Å². The second kappa shape index (κ2) is 6.48. The van der Waals surface area contributed by atoms with Crippen molar-refractivity contribution < 1.29 is 30.8 Å². The van der Waals surface area contributed by atoms with Crippen LogP contribution in [0.4, 0.5) is 3.89 Å². The zero-order valence-corrected chi connectivity index (χ0v) is 14.2. The van der Waals surface area contributed by atoms with Gasteiger partial charge in [-0.2, -0.15) is 8.42 Å². The first kappa shape index (κ1) is 17.7. The number of aliphatic imine (C=N–C) groups is 1. The van der Waals surface area contributed by atoms with Gasteiger partial charge in [-0.25, -0.2) is 4.99 Å². The number of carbonyl (C=O) groups is 1. The first-order valence-corrected chi connectivity index (χ1v) is 7.92. The van der Waals surface area contributed by atoms with E-state index >= 15 is 0 Å².